The van der Waals surface area contributed by atoms with Gasteiger partial charge in [-0.2, -0.15) is 5.10 Å². The molecule has 0 spiro atoms. The standard InChI is InChI=1S/C7H9BrN2O2S/c8-7-4-6-2-1-3-13(11,12)5-10(6)9-7/h4H,1-3,5H2. The number of nitrogens with zero attached hydrogens (tertiary/aromatic N) is 2. The summed E-state index contributed by atoms with van der Waals surface area (Å²) in [6, 6.07) is 1.88. The van der Waals surface area contributed by atoms with Crippen molar-refractivity contribution in [3.63, 3.8) is 0 Å². The SMILES string of the molecule is O=S1(=O)CCCc2cc(Br)nn2C1. The van der Waals surface area contributed by atoms with Crippen LogP contribution in [0.15, 0.2) is 10.7 Å². The highest BCUT2D eigenvalue weighted by atomic mass is 79.9. The Morgan fingerprint density at radius 3 is 3.08 bits per heavy atom. The Kier molecular flexibility index (Phi) is 2.19. The van der Waals surface area contributed by atoms with Gasteiger partial charge >= 0.3 is 0 Å². The topological polar surface area (TPSA) is 52.0 Å². The molecule has 0 N–H and O–H groups in total. The molecule has 0 saturated heterocycles. The number of aromatic nitrogens is 2. The van der Waals surface area contributed by atoms with Crippen molar-refractivity contribution >= 4 is 25.8 Å². The van der Waals surface area contributed by atoms with Gasteiger partial charge in [-0.15, -0.1) is 0 Å². The van der Waals surface area contributed by atoms with E-state index in [4.69, 9.17) is 0 Å². The molecule has 2 rings (SSSR count). The van der Waals surface area contributed by atoms with E-state index in [-0.39, 0.29) is 11.6 Å². The monoisotopic (exact) mass is 264 g/mol. The number of fused-ring (bicyclic) bond motifs is 1. The summed E-state index contributed by atoms with van der Waals surface area (Å²) in [4.78, 5) is 0. The number of rotatable bonds is 0. The molecule has 4 nitrogen and oxygen atoms in total. The summed E-state index contributed by atoms with van der Waals surface area (Å²) in [5.74, 6) is 0.294. The van der Waals surface area contributed by atoms with E-state index in [0.717, 1.165) is 12.1 Å². The van der Waals surface area contributed by atoms with Crippen molar-refractivity contribution in [1.82, 2.24) is 9.78 Å². The molecule has 1 aromatic rings. The fourth-order valence-electron chi connectivity index (χ4n) is 1.46. The van der Waals surface area contributed by atoms with E-state index in [2.05, 4.69) is 21.0 Å². The first-order chi connectivity index (χ1) is 6.07. The van der Waals surface area contributed by atoms with E-state index in [1.165, 1.54) is 0 Å². The molecule has 2 heterocycles. The van der Waals surface area contributed by atoms with Crippen LogP contribution in [0.1, 0.15) is 12.1 Å². The van der Waals surface area contributed by atoms with Crippen molar-refractivity contribution < 1.29 is 8.42 Å². The third-order valence-corrected chi connectivity index (χ3v) is 3.98. The van der Waals surface area contributed by atoms with Crippen LogP contribution < -0.4 is 0 Å². The van der Waals surface area contributed by atoms with E-state index in [1.807, 2.05) is 6.07 Å². The zero-order chi connectivity index (χ0) is 9.47. The van der Waals surface area contributed by atoms with Crippen LogP contribution in [0.4, 0.5) is 0 Å². The van der Waals surface area contributed by atoms with Crippen LogP contribution in [0.25, 0.3) is 0 Å². The van der Waals surface area contributed by atoms with Crippen molar-refractivity contribution in [2.75, 3.05) is 5.75 Å². The molecule has 0 amide bonds. The van der Waals surface area contributed by atoms with Crippen LogP contribution in [0.5, 0.6) is 0 Å². The number of aryl methyl sites for hydroxylation is 1. The Morgan fingerprint density at radius 1 is 1.54 bits per heavy atom. The normalized spacial score (nSPS) is 20.7. The second-order valence-corrected chi connectivity index (χ2v) is 6.10. The predicted octanol–water partition coefficient (Wildman–Crippen LogP) is 0.964. The first-order valence-corrected chi connectivity index (χ1v) is 6.61. The van der Waals surface area contributed by atoms with Gasteiger partial charge in [0, 0.05) is 5.69 Å². The van der Waals surface area contributed by atoms with E-state index in [1.54, 1.807) is 4.68 Å². The van der Waals surface area contributed by atoms with Crippen LogP contribution in [0.3, 0.4) is 0 Å². The van der Waals surface area contributed by atoms with Crippen LogP contribution in [-0.4, -0.2) is 24.0 Å². The molecule has 0 unspecified atom stereocenters. The van der Waals surface area contributed by atoms with Crippen molar-refractivity contribution in [3.8, 4) is 0 Å². The third kappa shape index (κ3) is 1.94. The summed E-state index contributed by atoms with van der Waals surface area (Å²) >= 11 is 3.23. The average Bonchev–Trinajstić information content (AvgIpc) is 2.23. The van der Waals surface area contributed by atoms with Crippen molar-refractivity contribution in [1.29, 1.82) is 0 Å². The molecule has 13 heavy (non-hydrogen) atoms. The minimum atomic E-state index is -2.94. The summed E-state index contributed by atoms with van der Waals surface area (Å²) in [7, 11) is -2.94. The highest BCUT2D eigenvalue weighted by molar-refractivity contribution is 9.10. The summed E-state index contributed by atoms with van der Waals surface area (Å²) in [6.45, 7) is 0. The second-order valence-electron chi connectivity index (χ2n) is 3.14. The van der Waals surface area contributed by atoms with Gasteiger partial charge in [-0.25, -0.2) is 8.42 Å². The van der Waals surface area contributed by atoms with Crippen molar-refractivity contribution in [3.05, 3.63) is 16.4 Å². The number of hydrogen-bond donors (Lipinski definition) is 0. The summed E-state index contributed by atoms with van der Waals surface area (Å²) in [6.07, 6.45) is 1.48. The van der Waals surface area contributed by atoms with Gasteiger partial charge in [0.25, 0.3) is 0 Å². The minimum absolute atomic E-state index is 0.0218. The van der Waals surface area contributed by atoms with E-state index in [9.17, 15) is 8.42 Å². The van der Waals surface area contributed by atoms with E-state index in [0.29, 0.717) is 11.0 Å². The third-order valence-electron chi connectivity index (χ3n) is 2.04. The van der Waals surface area contributed by atoms with Crippen LogP contribution in [0, 0.1) is 0 Å². The molecular weight excluding hydrogens is 256 g/mol. The Bertz CT molecular complexity index is 424. The highest BCUT2D eigenvalue weighted by Crippen LogP contribution is 2.17. The van der Waals surface area contributed by atoms with Crippen molar-refractivity contribution in [2.45, 2.75) is 18.7 Å². The van der Waals surface area contributed by atoms with Gasteiger partial charge in [-0.05, 0) is 34.8 Å². The molecule has 0 fully saturated rings. The zero-order valence-electron chi connectivity index (χ0n) is 6.90. The fraction of sp³-hybridized carbons (Fsp3) is 0.571. The smallest absolute Gasteiger partial charge is 0.170 e. The first kappa shape index (κ1) is 9.21. The van der Waals surface area contributed by atoms with Gasteiger partial charge in [-0.1, -0.05) is 0 Å². The molecule has 1 aromatic heterocycles. The van der Waals surface area contributed by atoms with Crippen LogP contribution >= 0.6 is 15.9 Å². The molecule has 0 radical (unpaired) electrons. The van der Waals surface area contributed by atoms with E-state index >= 15 is 0 Å². The molecule has 0 bridgehead atoms. The molecule has 72 valence electrons. The Hall–Kier alpha value is -0.360. The summed E-state index contributed by atoms with van der Waals surface area (Å²) < 4.78 is 25.0. The largest absolute Gasteiger partial charge is 0.253 e. The molecular formula is C7H9BrN2O2S. The maximum atomic E-state index is 11.4. The number of sulfone groups is 1. The minimum Gasteiger partial charge on any atom is -0.253 e. The molecule has 6 heteroatoms. The highest BCUT2D eigenvalue weighted by Gasteiger charge is 2.19. The molecule has 0 aromatic carbocycles. The Balaban J connectivity index is 2.44. The van der Waals surface area contributed by atoms with Crippen LogP contribution in [-0.2, 0) is 22.1 Å². The summed E-state index contributed by atoms with van der Waals surface area (Å²) in [5.41, 5.74) is 0.993. The Morgan fingerprint density at radius 2 is 2.31 bits per heavy atom. The zero-order valence-corrected chi connectivity index (χ0v) is 9.31. The molecule has 1 aliphatic heterocycles. The second kappa shape index (κ2) is 3.09. The lowest BCUT2D eigenvalue weighted by Crippen LogP contribution is -2.13. The lowest BCUT2D eigenvalue weighted by atomic mass is 10.2. The van der Waals surface area contributed by atoms with Gasteiger partial charge < -0.3 is 0 Å². The maximum Gasteiger partial charge on any atom is 0.170 e. The Labute approximate surface area is 85.0 Å². The van der Waals surface area contributed by atoms with Gasteiger partial charge in [0.15, 0.2) is 9.84 Å². The quantitative estimate of drug-likeness (QED) is 0.702. The lowest BCUT2D eigenvalue weighted by Gasteiger charge is -2.00. The molecule has 1 aliphatic rings. The predicted molar refractivity (Wildman–Crippen MR) is 52.0 cm³/mol. The number of hydrogen-bond acceptors (Lipinski definition) is 3. The molecule has 0 atom stereocenters. The van der Waals surface area contributed by atoms with Gasteiger partial charge in [-0.3, -0.25) is 4.68 Å². The van der Waals surface area contributed by atoms with Crippen LogP contribution in [0.2, 0.25) is 0 Å². The van der Waals surface area contributed by atoms with Gasteiger partial charge in [0.2, 0.25) is 0 Å². The average molecular weight is 265 g/mol. The number of halogens is 1. The molecule has 0 saturated carbocycles. The first-order valence-electron chi connectivity index (χ1n) is 3.99. The van der Waals surface area contributed by atoms with Gasteiger partial charge in [0.05, 0.1) is 5.75 Å². The molecule has 0 aliphatic carbocycles. The van der Waals surface area contributed by atoms with E-state index < -0.39 is 9.84 Å². The van der Waals surface area contributed by atoms with Crippen molar-refractivity contribution in [2.24, 2.45) is 0 Å². The lowest BCUT2D eigenvalue weighted by molar-refractivity contribution is 0.577. The summed E-state index contributed by atoms with van der Waals surface area (Å²) in [5, 5.41) is 4.06. The maximum absolute atomic E-state index is 11.4. The van der Waals surface area contributed by atoms with Gasteiger partial charge in [0.1, 0.15) is 10.5 Å². The fourth-order valence-corrected chi connectivity index (χ4v) is 3.22.